The molecule has 2 heterocycles. The molecule has 28 heavy (non-hydrogen) atoms. The highest BCUT2D eigenvalue weighted by Gasteiger charge is 2.21. The summed E-state index contributed by atoms with van der Waals surface area (Å²) in [5, 5.41) is 8.88. The van der Waals surface area contributed by atoms with Crippen LogP contribution in [-0.2, 0) is 11.3 Å². The number of nitrogens with one attached hydrogen (secondary N) is 1. The molecule has 0 spiro atoms. The Morgan fingerprint density at radius 3 is 2.71 bits per heavy atom. The van der Waals surface area contributed by atoms with Crippen LogP contribution >= 0.6 is 27.3 Å². The average molecular weight is 456 g/mol. The second-order valence-electron chi connectivity index (χ2n) is 6.62. The Labute approximate surface area is 174 Å². The minimum absolute atomic E-state index is 0.235. The summed E-state index contributed by atoms with van der Waals surface area (Å²) in [7, 11) is 0. The number of hydrogen-bond acceptors (Lipinski definition) is 4. The van der Waals surface area contributed by atoms with Crippen LogP contribution in [0.1, 0.15) is 24.2 Å². The molecule has 1 N–H and O–H groups in total. The summed E-state index contributed by atoms with van der Waals surface area (Å²) in [6, 6.07) is 14.8. The van der Waals surface area contributed by atoms with Crippen molar-refractivity contribution in [2.75, 3.05) is 0 Å². The highest BCUT2D eigenvalue weighted by molar-refractivity contribution is 9.10. The van der Waals surface area contributed by atoms with Gasteiger partial charge in [0.1, 0.15) is 6.04 Å². The fraction of sp³-hybridized carbons (Fsp3) is 0.190. The molecule has 4 rings (SSSR count). The number of hydrogen-bond donors (Lipinski definition) is 1. The van der Waals surface area contributed by atoms with Crippen LogP contribution in [0.2, 0.25) is 0 Å². The van der Waals surface area contributed by atoms with E-state index in [9.17, 15) is 9.59 Å². The Morgan fingerprint density at radius 1 is 1.21 bits per heavy atom. The van der Waals surface area contributed by atoms with E-state index in [2.05, 4.69) is 26.3 Å². The van der Waals surface area contributed by atoms with E-state index in [1.165, 1.54) is 4.68 Å². The van der Waals surface area contributed by atoms with Crippen molar-refractivity contribution >= 4 is 53.3 Å². The van der Waals surface area contributed by atoms with E-state index in [0.717, 1.165) is 30.5 Å². The largest absolute Gasteiger partial charge is 0.350 e. The van der Waals surface area contributed by atoms with Crippen molar-refractivity contribution in [3.05, 3.63) is 74.6 Å². The summed E-state index contributed by atoms with van der Waals surface area (Å²) in [6.07, 6.45) is 0. The molecule has 0 fully saturated rings. The third-order valence-electron chi connectivity index (χ3n) is 4.76. The monoisotopic (exact) mass is 455 g/mol. The Kier molecular flexibility index (Phi) is 5.03. The topological polar surface area (TPSA) is 64.0 Å². The summed E-state index contributed by atoms with van der Waals surface area (Å²) in [4.78, 5) is 25.9. The number of nitrogens with zero attached hydrogens (tertiary/aromatic N) is 2. The standard InChI is InChI=1S/C21H18BrN3O2S/c1-12-19-18(15-8-4-6-10-17(15)28-19)21(27)25(24-12)13(2)20(26)23-11-14-7-3-5-9-16(14)22/h3-10,13H,11H2,1-2H3,(H,23,26)/t13-/m0/s1. The van der Waals surface area contributed by atoms with Gasteiger partial charge in [-0.1, -0.05) is 52.3 Å². The molecule has 1 atom stereocenters. The van der Waals surface area contributed by atoms with Crippen LogP contribution in [0.25, 0.3) is 20.2 Å². The van der Waals surface area contributed by atoms with Crippen LogP contribution in [0.3, 0.4) is 0 Å². The molecular formula is C21H18BrN3O2S. The molecule has 0 unspecified atom stereocenters. The van der Waals surface area contributed by atoms with Gasteiger partial charge in [0.05, 0.1) is 15.8 Å². The van der Waals surface area contributed by atoms with Crippen molar-refractivity contribution in [2.24, 2.45) is 0 Å². The fourth-order valence-corrected chi connectivity index (χ4v) is 4.78. The van der Waals surface area contributed by atoms with Gasteiger partial charge >= 0.3 is 0 Å². The van der Waals surface area contributed by atoms with Gasteiger partial charge in [-0.2, -0.15) is 5.10 Å². The van der Waals surface area contributed by atoms with Crippen molar-refractivity contribution < 1.29 is 4.79 Å². The maximum Gasteiger partial charge on any atom is 0.276 e. The molecule has 0 bridgehead atoms. The van der Waals surface area contributed by atoms with Gasteiger partial charge in [-0.3, -0.25) is 9.59 Å². The number of halogens is 1. The lowest BCUT2D eigenvalue weighted by molar-refractivity contribution is -0.124. The summed E-state index contributed by atoms with van der Waals surface area (Å²) < 4.78 is 4.15. The molecule has 0 aliphatic heterocycles. The zero-order chi connectivity index (χ0) is 19.8. The lowest BCUT2D eigenvalue weighted by Gasteiger charge is -2.15. The van der Waals surface area contributed by atoms with Gasteiger partial charge in [0.2, 0.25) is 5.91 Å². The Morgan fingerprint density at radius 2 is 1.93 bits per heavy atom. The second-order valence-corrected chi connectivity index (χ2v) is 8.53. The smallest absolute Gasteiger partial charge is 0.276 e. The number of rotatable bonds is 4. The minimum Gasteiger partial charge on any atom is -0.350 e. The first-order chi connectivity index (χ1) is 13.5. The number of fused-ring (bicyclic) bond motifs is 3. The Hall–Kier alpha value is -2.51. The first-order valence-electron chi connectivity index (χ1n) is 8.89. The molecular weight excluding hydrogens is 438 g/mol. The Balaban J connectivity index is 1.69. The molecule has 0 aliphatic rings. The van der Waals surface area contributed by atoms with Gasteiger partial charge < -0.3 is 5.32 Å². The molecule has 0 radical (unpaired) electrons. The van der Waals surface area contributed by atoms with E-state index in [-0.39, 0.29) is 11.5 Å². The Bertz CT molecular complexity index is 1260. The lowest BCUT2D eigenvalue weighted by Crippen LogP contribution is -2.37. The zero-order valence-electron chi connectivity index (χ0n) is 15.4. The number of carbonyl (C=O) groups excluding carboxylic acids is 1. The van der Waals surface area contributed by atoms with Gasteiger partial charge in [0, 0.05) is 21.1 Å². The number of carbonyl (C=O) groups is 1. The highest BCUT2D eigenvalue weighted by Crippen LogP contribution is 2.32. The number of aromatic nitrogens is 2. The molecule has 142 valence electrons. The molecule has 0 saturated carbocycles. The van der Waals surface area contributed by atoms with E-state index in [0.29, 0.717) is 11.9 Å². The van der Waals surface area contributed by atoms with Crippen LogP contribution < -0.4 is 10.9 Å². The SMILES string of the molecule is Cc1nn([C@@H](C)C(=O)NCc2ccccc2Br)c(=O)c2c1sc1ccccc12. The van der Waals surface area contributed by atoms with Crippen molar-refractivity contribution in [2.45, 2.75) is 26.4 Å². The summed E-state index contributed by atoms with van der Waals surface area (Å²) in [6.45, 7) is 3.95. The van der Waals surface area contributed by atoms with E-state index in [1.54, 1.807) is 18.3 Å². The molecule has 0 saturated heterocycles. The summed E-state index contributed by atoms with van der Waals surface area (Å²) in [5.41, 5.74) is 1.49. The zero-order valence-corrected chi connectivity index (χ0v) is 17.8. The van der Waals surface area contributed by atoms with E-state index in [1.807, 2.05) is 55.5 Å². The maximum absolute atomic E-state index is 13.1. The van der Waals surface area contributed by atoms with Gasteiger partial charge in [0.15, 0.2) is 0 Å². The van der Waals surface area contributed by atoms with Gasteiger partial charge in [-0.15, -0.1) is 11.3 Å². The predicted molar refractivity (Wildman–Crippen MR) is 117 cm³/mol. The number of benzene rings is 2. The number of amides is 1. The van der Waals surface area contributed by atoms with Crippen LogP contribution in [0.5, 0.6) is 0 Å². The van der Waals surface area contributed by atoms with Gasteiger partial charge in [-0.05, 0) is 31.5 Å². The van der Waals surface area contributed by atoms with Crippen molar-refractivity contribution in [3.63, 3.8) is 0 Å². The predicted octanol–water partition coefficient (Wildman–Crippen LogP) is 4.56. The van der Waals surface area contributed by atoms with Gasteiger partial charge in [0.25, 0.3) is 5.56 Å². The molecule has 2 aromatic carbocycles. The fourth-order valence-electron chi connectivity index (χ4n) is 3.22. The van der Waals surface area contributed by atoms with Crippen LogP contribution in [-0.4, -0.2) is 15.7 Å². The first kappa shape index (κ1) is 18.8. The summed E-state index contributed by atoms with van der Waals surface area (Å²) >= 11 is 5.04. The van der Waals surface area contributed by atoms with Crippen molar-refractivity contribution in [1.29, 1.82) is 0 Å². The number of thiophene rings is 1. The van der Waals surface area contributed by atoms with E-state index in [4.69, 9.17) is 0 Å². The quantitative estimate of drug-likeness (QED) is 0.490. The normalized spacial score (nSPS) is 12.4. The van der Waals surface area contributed by atoms with Crippen LogP contribution in [0, 0.1) is 6.92 Å². The molecule has 5 nitrogen and oxygen atoms in total. The van der Waals surface area contributed by atoms with E-state index < -0.39 is 6.04 Å². The average Bonchev–Trinajstić information content (AvgIpc) is 3.10. The number of aryl methyl sites for hydroxylation is 1. The van der Waals surface area contributed by atoms with Gasteiger partial charge in [-0.25, -0.2) is 4.68 Å². The van der Waals surface area contributed by atoms with Crippen LogP contribution in [0.4, 0.5) is 0 Å². The second kappa shape index (κ2) is 7.48. The third kappa shape index (κ3) is 3.25. The lowest BCUT2D eigenvalue weighted by atomic mass is 10.2. The van der Waals surface area contributed by atoms with E-state index >= 15 is 0 Å². The maximum atomic E-state index is 13.1. The molecule has 4 aromatic rings. The third-order valence-corrected chi connectivity index (χ3v) is 6.81. The van der Waals surface area contributed by atoms with Crippen molar-refractivity contribution in [3.8, 4) is 0 Å². The summed E-state index contributed by atoms with van der Waals surface area (Å²) in [5.74, 6) is -0.247. The highest BCUT2D eigenvalue weighted by atomic mass is 79.9. The first-order valence-corrected chi connectivity index (χ1v) is 10.5. The molecule has 2 aromatic heterocycles. The molecule has 1 amide bonds. The molecule has 0 aliphatic carbocycles. The van der Waals surface area contributed by atoms with Crippen molar-refractivity contribution in [1.82, 2.24) is 15.1 Å². The molecule has 7 heteroatoms. The van der Waals surface area contributed by atoms with Crippen LogP contribution in [0.15, 0.2) is 57.8 Å². The minimum atomic E-state index is -0.711.